The third kappa shape index (κ3) is 2.22. The average molecular weight is 254 g/mol. The van der Waals surface area contributed by atoms with E-state index in [0.29, 0.717) is 16.6 Å². The number of aryl methyl sites for hydroxylation is 1. The van der Waals surface area contributed by atoms with Crippen molar-refractivity contribution in [2.75, 3.05) is 5.73 Å². The molecule has 0 bridgehead atoms. The summed E-state index contributed by atoms with van der Waals surface area (Å²) in [6.45, 7) is -0.252. The molecule has 0 amide bonds. The first-order valence-electron chi connectivity index (χ1n) is 5.05. The summed E-state index contributed by atoms with van der Waals surface area (Å²) in [5.74, 6) is 2.53. The first kappa shape index (κ1) is 12.2. The molecule has 0 spiro atoms. The lowest BCUT2D eigenvalue weighted by atomic mass is 10.2. The van der Waals surface area contributed by atoms with Crippen LogP contribution in [-0.2, 0) is 6.54 Å². The van der Waals surface area contributed by atoms with Crippen LogP contribution in [0.15, 0.2) is 12.5 Å². The molecule has 0 aliphatic rings. The number of hydrogen-bond donors (Lipinski definition) is 1. The first-order valence-corrected chi connectivity index (χ1v) is 5.05. The minimum absolute atomic E-state index is 0.165. The smallest absolute Gasteiger partial charge is 0.383 e. The Bertz CT molecular complexity index is 621. The van der Waals surface area contributed by atoms with Crippen molar-refractivity contribution < 1.29 is 13.2 Å². The van der Waals surface area contributed by atoms with Crippen molar-refractivity contribution in [2.24, 2.45) is 0 Å². The largest absolute Gasteiger partial charge is 0.390 e. The standard InChI is InChI=1S/C11H9F3N4/c1-2-7-5-18(4-3-11(12,13)14)10-8(7)9(15)16-6-17-10/h1,5-6H,3-4H2,(H2,15,16,17). The molecule has 0 atom stereocenters. The lowest BCUT2D eigenvalue weighted by Crippen LogP contribution is -2.12. The van der Waals surface area contributed by atoms with Gasteiger partial charge in [0.2, 0.25) is 0 Å². The fourth-order valence-corrected chi connectivity index (χ4v) is 1.67. The Hall–Kier alpha value is -2.23. The zero-order valence-electron chi connectivity index (χ0n) is 9.20. The number of hydrogen-bond acceptors (Lipinski definition) is 3. The van der Waals surface area contributed by atoms with Crippen molar-refractivity contribution in [3.8, 4) is 12.3 Å². The Morgan fingerprint density at radius 3 is 2.72 bits per heavy atom. The molecular weight excluding hydrogens is 245 g/mol. The number of aromatic nitrogens is 3. The van der Waals surface area contributed by atoms with Gasteiger partial charge in [-0.3, -0.25) is 0 Å². The number of nitrogens with zero attached hydrogens (tertiary/aromatic N) is 3. The van der Waals surface area contributed by atoms with Crippen LogP contribution in [0.25, 0.3) is 11.0 Å². The van der Waals surface area contributed by atoms with Crippen molar-refractivity contribution in [3.63, 3.8) is 0 Å². The summed E-state index contributed by atoms with van der Waals surface area (Å²) in [7, 11) is 0. The molecule has 0 saturated heterocycles. The van der Waals surface area contributed by atoms with Crippen molar-refractivity contribution in [1.82, 2.24) is 14.5 Å². The first-order chi connectivity index (χ1) is 8.42. The molecule has 2 rings (SSSR count). The van der Waals surface area contributed by atoms with Crippen molar-refractivity contribution >= 4 is 16.9 Å². The maximum absolute atomic E-state index is 12.2. The van der Waals surface area contributed by atoms with Gasteiger partial charge in [0.05, 0.1) is 17.4 Å². The summed E-state index contributed by atoms with van der Waals surface area (Å²) in [5.41, 5.74) is 6.36. The van der Waals surface area contributed by atoms with Crippen molar-refractivity contribution in [3.05, 3.63) is 18.1 Å². The molecule has 2 N–H and O–H groups in total. The van der Waals surface area contributed by atoms with E-state index in [1.807, 2.05) is 0 Å². The van der Waals surface area contributed by atoms with Crippen molar-refractivity contribution in [1.29, 1.82) is 0 Å². The molecular formula is C11H9F3N4. The minimum atomic E-state index is -4.23. The molecule has 0 saturated carbocycles. The maximum atomic E-state index is 12.2. The normalized spacial score (nSPS) is 11.7. The molecule has 0 aliphatic heterocycles. The number of nitrogen functional groups attached to an aromatic ring is 1. The number of rotatable bonds is 2. The quantitative estimate of drug-likeness (QED) is 0.833. The van der Waals surface area contributed by atoms with Crippen LogP contribution < -0.4 is 5.73 Å². The molecule has 94 valence electrons. The predicted octanol–water partition coefficient (Wildman–Crippen LogP) is 1.95. The number of alkyl halides is 3. The highest BCUT2D eigenvalue weighted by molar-refractivity contribution is 5.92. The molecule has 18 heavy (non-hydrogen) atoms. The zero-order valence-corrected chi connectivity index (χ0v) is 9.20. The molecule has 4 nitrogen and oxygen atoms in total. The van der Waals surface area contributed by atoms with Crippen LogP contribution in [0.1, 0.15) is 12.0 Å². The van der Waals surface area contributed by atoms with Gasteiger partial charge in [0.1, 0.15) is 17.8 Å². The number of terminal acetylenes is 1. The summed E-state index contributed by atoms with van der Waals surface area (Å²) in [6.07, 6.45) is 2.73. The van der Waals surface area contributed by atoms with Gasteiger partial charge in [-0.25, -0.2) is 9.97 Å². The van der Waals surface area contributed by atoms with E-state index in [-0.39, 0.29) is 12.4 Å². The maximum Gasteiger partial charge on any atom is 0.390 e. The highest BCUT2D eigenvalue weighted by atomic mass is 19.4. The fourth-order valence-electron chi connectivity index (χ4n) is 1.67. The summed E-state index contributed by atoms with van der Waals surface area (Å²) >= 11 is 0. The van der Waals surface area contributed by atoms with E-state index < -0.39 is 12.6 Å². The van der Waals surface area contributed by atoms with Gasteiger partial charge in [0.25, 0.3) is 0 Å². The number of fused-ring (bicyclic) bond motifs is 1. The number of nitrogens with two attached hydrogens (primary N) is 1. The van der Waals surface area contributed by atoms with Crippen LogP contribution >= 0.6 is 0 Å². The second kappa shape index (κ2) is 4.22. The van der Waals surface area contributed by atoms with Gasteiger partial charge in [-0.1, -0.05) is 5.92 Å². The predicted molar refractivity (Wildman–Crippen MR) is 60.5 cm³/mol. The highest BCUT2D eigenvalue weighted by Gasteiger charge is 2.27. The molecule has 2 heterocycles. The van der Waals surface area contributed by atoms with Crippen LogP contribution in [-0.4, -0.2) is 20.7 Å². The van der Waals surface area contributed by atoms with E-state index in [2.05, 4.69) is 15.9 Å². The Balaban J connectivity index is 2.47. The van der Waals surface area contributed by atoms with Crippen LogP contribution in [0.2, 0.25) is 0 Å². The molecule has 0 unspecified atom stereocenters. The summed E-state index contributed by atoms with van der Waals surface area (Å²) in [6, 6.07) is 0. The van der Waals surface area contributed by atoms with E-state index >= 15 is 0 Å². The van der Waals surface area contributed by atoms with Crippen LogP contribution in [0.5, 0.6) is 0 Å². The second-order valence-corrected chi connectivity index (χ2v) is 3.70. The topological polar surface area (TPSA) is 56.7 Å². The van der Waals surface area contributed by atoms with Gasteiger partial charge in [-0.15, -0.1) is 6.42 Å². The Kier molecular flexibility index (Phi) is 2.87. The van der Waals surface area contributed by atoms with Gasteiger partial charge in [-0.2, -0.15) is 13.2 Å². The van der Waals surface area contributed by atoms with Gasteiger partial charge < -0.3 is 10.3 Å². The molecule has 0 fully saturated rings. The van der Waals surface area contributed by atoms with E-state index in [4.69, 9.17) is 12.2 Å². The lowest BCUT2D eigenvalue weighted by molar-refractivity contribution is -0.136. The van der Waals surface area contributed by atoms with Crippen LogP contribution in [0.3, 0.4) is 0 Å². The Morgan fingerprint density at radius 2 is 2.11 bits per heavy atom. The monoisotopic (exact) mass is 254 g/mol. The van der Waals surface area contributed by atoms with E-state index in [1.165, 1.54) is 17.1 Å². The summed E-state index contributed by atoms with van der Waals surface area (Å²) in [5, 5.41) is 0.419. The highest BCUT2D eigenvalue weighted by Crippen LogP contribution is 2.26. The molecule has 7 heteroatoms. The minimum Gasteiger partial charge on any atom is -0.383 e. The van der Waals surface area contributed by atoms with Gasteiger partial charge in [0, 0.05) is 12.7 Å². The molecule has 0 aliphatic carbocycles. The van der Waals surface area contributed by atoms with Gasteiger partial charge in [-0.05, 0) is 0 Å². The van der Waals surface area contributed by atoms with Crippen LogP contribution in [0, 0.1) is 12.3 Å². The average Bonchev–Trinajstić information content (AvgIpc) is 2.65. The Morgan fingerprint density at radius 1 is 1.39 bits per heavy atom. The van der Waals surface area contributed by atoms with Gasteiger partial charge >= 0.3 is 6.18 Å². The molecule has 2 aromatic rings. The lowest BCUT2D eigenvalue weighted by Gasteiger charge is -2.07. The second-order valence-electron chi connectivity index (χ2n) is 3.70. The summed E-state index contributed by atoms with van der Waals surface area (Å²) < 4.78 is 37.9. The van der Waals surface area contributed by atoms with E-state index in [9.17, 15) is 13.2 Å². The Labute approximate surface area is 101 Å². The van der Waals surface area contributed by atoms with E-state index in [0.717, 1.165) is 0 Å². The number of halogens is 3. The third-order valence-electron chi connectivity index (χ3n) is 2.47. The number of anilines is 1. The molecule has 0 aromatic carbocycles. The van der Waals surface area contributed by atoms with E-state index in [1.54, 1.807) is 0 Å². The van der Waals surface area contributed by atoms with Gasteiger partial charge in [0.15, 0.2) is 0 Å². The molecule has 0 radical (unpaired) electrons. The zero-order chi connectivity index (χ0) is 13.3. The summed E-state index contributed by atoms with van der Waals surface area (Å²) in [4.78, 5) is 7.69. The molecule has 2 aromatic heterocycles. The van der Waals surface area contributed by atoms with Crippen LogP contribution in [0.4, 0.5) is 19.0 Å². The SMILES string of the molecule is C#Cc1cn(CCC(F)(F)F)c2ncnc(N)c12. The van der Waals surface area contributed by atoms with Crippen molar-refractivity contribution in [2.45, 2.75) is 19.1 Å². The fraction of sp³-hybridized carbons (Fsp3) is 0.273. The third-order valence-corrected chi connectivity index (χ3v) is 2.47.